The van der Waals surface area contributed by atoms with E-state index in [4.69, 9.17) is 24.1 Å². The zero-order valence-corrected chi connectivity index (χ0v) is 35.5. The molecule has 6 aliphatic rings. The number of nitrogens with two attached hydrogens (primary N) is 1. The summed E-state index contributed by atoms with van der Waals surface area (Å²) in [5.74, 6) is -1.04. The first kappa shape index (κ1) is 40.4. The summed E-state index contributed by atoms with van der Waals surface area (Å²) in [6.45, 7) is 7.20. The van der Waals surface area contributed by atoms with E-state index < -0.39 is 68.5 Å². The third-order valence-corrected chi connectivity index (χ3v) is 16.7. The van der Waals surface area contributed by atoms with Crippen molar-refractivity contribution >= 4 is 39.7 Å². The third kappa shape index (κ3) is 5.50. The van der Waals surface area contributed by atoms with Gasteiger partial charge in [0.15, 0.2) is 17.2 Å². The Morgan fingerprint density at radius 3 is 2.54 bits per heavy atom. The molecular formula is C44H57N5O9S. The summed E-state index contributed by atoms with van der Waals surface area (Å²) in [5.41, 5.74) is 5.86. The van der Waals surface area contributed by atoms with Gasteiger partial charge in [0.25, 0.3) is 0 Å². The standard InChI is InChI=1S/C44H57N5O9S/c1-7-41(52)22-25-23-48(24-41)18-14-27-26-12-9-10-13-30(26)46-34(27)35(59(54)57-6)33(25)28-20-29-31(21-32(28)55-4)47(3)37-43(29)16-19-49-17-11-15-42(8-2,36(43)49)38(58-40(45)51)44(37,53)39(50)56-5/h9-13,15,20-21,25,33,35-38,46,52-53H,7-8,14,16-19,22-24H2,1-6H3,(H2,45,51)/t25-,33?,35-,36+,37-,38-,41+,42-,43-,44+,59?/m1/s1. The van der Waals surface area contributed by atoms with Crippen LogP contribution in [0.15, 0.2) is 48.6 Å². The third-order valence-electron chi connectivity index (χ3n) is 15.4. The number of primary amides is 1. The Labute approximate surface area is 347 Å². The van der Waals surface area contributed by atoms with Crippen molar-refractivity contribution in [3.8, 4) is 5.75 Å². The lowest BCUT2D eigenvalue weighted by atomic mass is 9.47. The Morgan fingerprint density at radius 2 is 1.85 bits per heavy atom. The quantitative estimate of drug-likeness (QED) is 0.191. The number of hydrogen-bond donors (Lipinski definition) is 4. The van der Waals surface area contributed by atoms with Crippen LogP contribution >= 0.6 is 0 Å². The number of carbonyl (C=O) groups excluding carboxylic acids is 2. The summed E-state index contributed by atoms with van der Waals surface area (Å²) < 4.78 is 38.4. The number of H-pyrrole nitrogens is 1. The lowest BCUT2D eigenvalue weighted by molar-refractivity contribution is -0.217. The molecule has 1 spiro atoms. The number of aromatic nitrogens is 1. The molecule has 3 aromatic rings. The molecule has 2 bridgehead atoms. The number of fused-ring (bicyclic) bond motifs is 6. The average molecular weight is 832 g/mol. The highest BCUT2D eigenvalue weighted by Crippen LogP contribution is 2.68. The first-order valence-corrected chi connectivity index (χ1v) is 22.0. The van der Waals surface area contributed by atoms with E-state index in [1.165, 1.54) is 14.2 Å². The molecule has 12 atom stereocenters. The largest absolute Gasteiger partial charge is 0.496 e. The fourth-order valence-corrected chi connectivity index (χ4v) is 14.5. The van der Waals surface area contributed by atoms with Gasteiger partial charge >= 0.3 is 12.1 Å². The van der Waals surface area contributed by atoms with Gasteiger partial charge in [0.1, 0.15) is 11.0 Å². The summed E-state index contributed by atoms with van der Waals surface area (Å²) in [6, 6.07) is 11.0. The van der Waals surface area contributed by atoms with Gasteiger partial charge in [-0.3, -0.25) is 14.0 Å². The molecule has 318 valence electrons. The maximum atomic E-state index is 14.8. The number of anilines is 1. The average Bonchev–Trinajstić information content (AvgIpc) is 3.89. The minimum Gasteiger partial charge on any atom is -0.496 e. The number of aromatic amines is 1. The first-order valence-electron chi connectivity index (χ1n) is 20.9. The second-order valence-electron chi connectivity index (χ2n) is 17.8. The Kier molecular flexibility index (Phi) is 9.80. The SMILES string of the molecule is CC[C@]1(O)C[C@@H]2CN(CCc3c([nH]c4ccccc34)[C@H](S(=O)OC)C2c2cc3c(cc2OC)N(C)[C@H]2[C@@](O)(C(=O)OC)[C@H](OC(N)=O)[C@]4(CC)C=CCN5CC[C@]32[C@@H]54)C1. The van der Waals surface area contributed by atoms with E-state index in [0.29, 0.717) is 70.6 Å². The molecule has 6 heterocycles. The van der Waals surface area contributed by atoms with Crippen LogP contribution in [0.1, 0.15) is 73.1 Å². The van der Waals surface area contributed by atoms with Crippen LogP contribution in [0.25, 0.3) is 10.9 Å². The molecule has 1 amide bonds. The van der Waals surface area contributed by atoms with Crippen LogP contribution in [0.3, 0.4) is 0 Å². The highest BCUT2D eigenvalue weighted by molar-refractivity contribution is 7.80. The number of hydrogen-bond acceptors (Lipinski definition) is 12. The fourth-order valence-electron chi connectivity index (χ4n) is 13.3. The molecule has 3 fully saturated rings. The van der Waals surface area contributed by atoms with E-state index in [2.05, 4.69) is 26.9 Å². The highest BCUT2D eigenvalue weighted by atomic mass is 32.2. The van der Waals surface area contributed by atoms with Crippen molar-refractivity contribution in [3.63, 3.8) is 0 Å². The van der Waals surface area contributed by atoms with E-state index in [1.807, 2.05) is 62.2 Å². The van der Waals surface area contributed by atoms with Gasteiger partial charge in [0.2, 0.25) is 5.60 Å². The number of likely N-dealkylation sites (N-methyl/N-ethyl adjacent to an activating group) is 1. The van der Waals surface area contributed by atoms with Crippen LogP contribution in [-0.4, -0.2) is 132 Å². The van der Waals surface area contributed by atoms with Gasteiger partial charge in [-0.15, -0.1) is 0 Å². The van der Waals surface area contributed by atoms with Crippen LogP contribution < -0.4 is 15.4 Å². The number of esters is 1. The molecule has 1 aliphatic carbocycles. The van der Waals surface area contributed by atoms with Crippen LogP contribution in [-0.2, 0) is 41.4 Å². The predicted octanol–water partition coefficient (Wildman–Crippen LogP) is 3.81. The molecule has 14 nitrogen and oxygen atoms in total. The zero-order valence-electron chi connectivity index (χ0n) is 34.7. The second kappa shape index (κ2) is 14.3. The first-order chi connectivity index (χ1) is 28.3. The number of carbonyl (C=O) groups is 2. The van der Waals surface area contributed by atoms with Gasteiger partial charge < -0.3 is 40.0 Å². The zero-order chi connectivity index (χ0) is 41.8. The number of rotatable bonds is 8. The predicted molar refractivity (Wildman–Crippen MR) is 223 cm³/mol. The molecule has 9 rings (SSSR count). The van der Waals surface area contributed by atoms with Crippen LogP contribution in [0.5, 0.6) is 5.75 Å². The van der Waals surface area contributed by atoms with Crippen molar-refractivity contribution in [1.82, 2.24) is 14.8 Å². The highest BCUT2D eigenvalue weighted by Gasteiger charge is 2.80. The molecule has 5 N–H and O–H groups in total. The maximum Gasteiger partial charge on any atom is 0.404 e. The molecule has 5 aliphatic heterocycles. The molecule has 2 aromatic carbocycles. The minimum absolute atomic E-state index is 0.186. The number of methoxy groups -OCH3 is 2. The van der Waals surface area contributed by atoms with E-state index in [1.54, 1.807) is 7.11 Å². The molecule has 15 heteroatoms. The van der Waals surface area contributed by atoms with Crippen molar-refractivity contribution in [2.75, 3.05) is 66.0 Å². The summed E-state index contributed by atoms with van der Waals surface area (Å²) in [5, 5.41) is 25.8. The summed E-state index contributed by atoms with van der Waals surface area (Å²) in [6.07, 6.45) is 4.30. The number of piperidine rings is 1. The van der Waals surface area contributed by atoms with Gasteiger partial charge in [-0.25, -0.2) is 13.8 Å². The Bertz CT molecular complexity index is 2250. The Balaban J connectivity index is 1.34. The van der Waals surface area contributed by atoms with Crippen LogP contribution in [0.2, 0.25) is 0 Å². The van der Waals surface area contributed by atoms with Crippen molar-refractivity contribution in [2.45, 2.75) is 91.9 Å². The molecule has 0 radical (unpaired) electrons. The van der Waals surface area contributed by atoms with Gasteiger partial charge in [-0.1, -0.05) is 44.2 Å². The Hall–Kier alpha value is -3.99. The minimum atomic E-state index is -2.35. The molecule has 59 heavy (non-hydrogen) atoms. The molecule has 2 saturated heterocycles. The number of nitrogens with one attached hydrogen (secondary N) is 1. The number of para-hydroxylation sites is 1. The van der Waals surface area contributed by atoms with Crippen molar-refractivity contribution < 1.29 is 42.4 Å². The second-order valence-corrected chi connectivity index (χ2v) is 19.1. The summed E-state index contributed by atoms with van der Waals surface area (Å²) >= 11 is -1.84. The monoisotopic (exact) mass is 831 g/mol. The topological polar surface area (TPSA) is 180 Å². The van der Waals surface area contributed by atoms with Gasteiger partial charge in [-0.05, 0) is 73.4 Å². The van der Waals surface area contributed by atoms with E-state index >= 15 is 0 Å². The van der Waals surface area contributed by atoms with Crippen molar-refractivity contribution in [3.05, 3.63) is 70.9 Å². The molecule has 1 aromatic heterocycles. The number of aliphatic hydroxyl groups is 2. The number of ether oxygens (including phenoxy) is 3. The molecule has 3 unspecified atom stereocenters. The molecular weight excluding hydrogens is 775 g/mol. The summed E-state index contributed by atoms with van der Waals surface area (Å²) in [4.78, 5) is 37.5. The lowest BCUT2D eigenvalue weighted by Crippen LogP contribution is -2.81. The van der Waals surface area contributed by atoms with Crippen molar-refractivity contribution in [2.24, 2.45) is 17.1 Å². The van der Waals surface area contributed by atoms with E-state index in [-0.39, 0.29) is 12.0 Å². The number of benzene rings is 2. The number of nitrogens with zero attached hydrogens (tertiary/aromatic N) is 3. The van der Waals surface area contributed by atoms with Gasteiger partial charge in [-0.2, -0.15) is 0 Å². The van der Waals surface area contributed by atoms with E-state index in [0.717, 1.165) is 39.0 Å². The number of amides is 1. The normalized spacial score (nSPS) is 37.6. The summed E-state index contributed by atoms with van der Waals surface area (Å²) in [7, 11) is 6.19. The van der Waals surface area contributed by atoms with Crippen LogP contribution in [0, 0.1) is 11.3 Å². The fraction of sp³-hybridized carbons (Fsp3) is 0.591. The smallest absolute Gasteiger partial charge is 0.404 e. The lowest BCUT2D eigenvalue weighted by Gasteiger charge is -2.63. The Morgan fingerprint density at radius 1 is 1.07 bits per heavy atom. The molecule has 1 saturated carbocycles. The van der Waals surface area contributed by atoms with Gasteiger partial charge in [0, 0.05) is 84.4 Å². The van der Waals surface area contributed by atoms with Crippen molar-refractivity contribution in [1.29, 1.82) is 0 Å². The van der Waals surface area contributed by atoms with E-state index in [9.17, 15) is 24.0 Å². The maximum absolute atomic E-state index is 14.8. The van der Waals surface area contributed by atoms with Crippen LogP contribution in [0.4, 0.5) is 10.5 Å². The van der Waals surface area contributed by atoms with Gasteiger partial charge in [0.05, 0.1) is 33.0 Å².